The number of carbonyl (C=O) groups excluding carboxylic acids is 10. The predicted octanol–water partition coefficient (Wildman–Crippen LogP) is -4.95. The number of amides is 9. The fourth-order valence-corrected chi connectivity index (χ4v) is 4.03. The van der Waals surface area contributed by atoms with Crippen molar-refractivity contribution < 1.29 is 47.9 Å². The minimum Gasteiger partial charge on any atom is -0.337 e. The Morgan fingerprint density at radius 1 is 0.314 bits per heavy atom. The highest BCUT2D eigenvalue weighted by molar-refractivity contribution is 5.93. The maximum Gasteiger partial charge on any atom is 0.242 e. The van der Waals surface area contributed by atoms with Gasteiger partial charge in [0.05, 0.1) is 58.9 Å². The summed E-state index contributed by atoms with van der Waals surface area (Å²) in [6.45, 7) is -1.53. The maximum atomic E-state index is 12.8. The summed E-state index contributed by atoms with van der Waals surface area (Å²) in [6.07, 6.45) is 0.0789. The van der Waals surface area contributed by atoms with E-state index < -0.39 is 73.4 Å². The van der Waals surface area contributed by atoms with Crippen LogP contribution in [-0.4, -0.2) is 232 Å². The van der Waals surface area contributed by atoms with Crippen molar-refractivity contribution in [3.8, 4) is 0 Å². The van der Waals surface area contributed by atoms with Crippen LogP contribution in [0.2, 0.25) is 0 Å². The first-order valence-corrected chi connectivity index (χ1v) is 15.9. The number of hydrogen-bond acceptors (Lipinski definition) is 11. The first kappa shape index (κ1) is 45.9. The molecule has 0 fully saturated rings. The lowest BCUT2D eigenvalue weighted by Gasteiger charge is -2.27. The SMILES string of the molecule is CC(=O)CN(C)C(=O)CN(C)C(=O)CN(C)C(=O)CN(C)C(=O)CN(C)C(=O)CN(C)C(=O)CN(C)C(=O)CN(C)C(=O)CN(C)C(=O)CCN. The third-order valence-corrected chi connectivity index (χ3v) is 7.63. The van der Waals surface area contributed by atoms with Crippen LogP contribution in [0.25, 0.3) is 0 Å². The Morgan fingerprint density at radius 3 is 0.627 bits per heavy atom. The highest BCUT2D eigenvalue weighted by Gasteiger charge is 2.25. The monoisotopic (exact) mass is 726 g/mol. The van der Waals surface area contributed by atoms with Gasteiger partial charge in [-0.15, -0.1) is 0 Å². The van der Waals surface area contributed by atoms with Gasteiger partial charge in [-0.2, -0.15) is 0 Å². The molecule has 0 bridgehead atoms. The number of hydrogen-bond donors (Lipinski definition) is 1. The second kappa shape index (κ2) is 21.8. The van der Waals surface area contributed by atoms with E-state index in [-0.39, 0.29) is 57.4 Å². The molecule has 20 nitrogen and oxygen atoms in total. The van der Waals surface area contributed by atoms with Crippen molar-refractivity contribution in [1.29, 1.82) is 0 Å². The van der Waals surface area contributed by atoms with Gasteiger partial charge in [0.15, 0.2) is 0 Å². The van der Waals surface area contributed by atoms with Gasteiger partial charge in [-0.05, 0) is 6.92 Å². The number of ketones is 1. The van der Waals surface area contributed by atoms with Gasteiger partial charge in [0.25, 0.3) is 0 Å². The van der Waals surface area contributed by atoms with Gasteiger partial charge in [-0.3, -0.25) is 47.9 Å². The lowest BCUT2D eigenvalue weighted by molar-refractivity contribution is -0.146. The molecule has 0 heterocycles. The van der Waals surface area contributed by atoms with Crippen LogP contribution in [0.15, 0.2) is 0 Å². The summed E-state index contributed by atoms with van der Waals surface area (Å²) in [5, 5.41) is 0. The Balaban J connectivity index is 4.84. The molecule has 0 aromatic rings. The van der Waals surface area contributed by atoms with Crippen molar-refractivity contribution in [2.45, 2.75) is 13.3 Å². The molecule has 0 atom stereocenters. The van der Waals surface area contributed by atoms with Crippen molar-refractivity contribution in [1.82, 2.24) is 44.1 Å². The van der Waals surface area contributed by atoms with E-state index in [1.807, 2.05) is 0 Å². The fourth-order valence-electron chi connectivity index (χ4n) is 4.03. The Morgan fingerprint density at radius 2 is 0.471 bits per heavy atom. The lowest BCUT2D eigenvalue weighted by Crippen LogP contribution is -2.49. The molecular formula is C31H54N10O10. The molecule has 9 amide bonds. The van der Waals surface area contributed by atoms with Gasteiger partial charge in [0.2, 0.25) is 53.2 Å². The zero-order valence-corrected chi connectivity index (χ0v) is 31.5. The lowest BCUT2D eigenvalue weighted by atomic mass is 10.3. The van der Waals surface area contributed by atoms with Crippen LogP contribution in [0, 0.1) is 0 Å². The second-order valence-corrected chi connectivity index (χ2v) is 12.5. The quantitative estimate of drug-likeness (QED) is 0.125. The van der Waals surface area contributed by atoms with E-state index in [4.69, 9.17) is 5.73 Å². The van der Waals surface area contributed by atoms with Crippen molar-refractivity contribution >= 4 is 58.9 Å². The molecule has 0 aromatic carbocycles. The molecule has 0 aliphatic carbocycles. The van der Waals surface area contributed by atoms with Crippen LogP contribution in [0.1, 0.15) is 13.3 Å². The summed E-state index contributed by atoms with van der Waals surface area (Å²) in [4.78, 5) is 134. The summed E-state index contributed by atoms with van der Waals surface area (Å²) in [5.41, 5.74) is 5.36. The Bertz CT molecular complexity index is 1330. The maximum absolute atomic E-state index is 12.8. The highest BCUT2D eigenvalue weighted by Crippen LogP contribution is 2.00. The number of rotatable bonds is 20. The third kappa shape index (κ3) is 16.9. The average molecular weight is 727 g/mol. The zero-order chi connectivity index (χ0) is 39.7. The summed E-state index contributed by atoms with van der Waals surface area (Å²) in [6, 6.07) is 0. The molecule has 20 heteroatoms. The van der Waals surface area contributed by atoms with E-state index in [0.29, 0.717) is 0 Å². The second-order valence-electron chi connectivity index (χ2n) is 12.5. The van der Waals surface area contributed by atoms with E-state index in [2.05, 4.69) is 0 Å². The molecule has 2 N–H and O–H groups in total. The molecule has 0 saturated heterocycles. The molecule has 0 radical (unpaired) electrons. The Kier molecular flexibility index (Phi) is 19.6. The number of nitrogens with zero attached hydrogens (tertiary/aromatic N) is 9. The molecule has 0 aliphatic heterocycles. The summed E-state index contributed by atoms with van der Waals surface area (Å²) in [5.74, 6) is -4.92. The highest BCUT2D eigenvalue weighted by atomic mass is 16.2. The number of nitrogens with two attached hydrogens (primary N) is 1. The molecule has 51 heavy (non-hydrogen) atoms. The normalized spacial score (nSPS) is 10.3. The smallest absolute Gasteiger partial charge is 0.242 e. The Labute approximate surface area is 298 Å². The van der Waals surface area contributed by atoms with Crippen LogP contribution in [0.4, 0.5) is 0 Å². The minimum atomic E-state index is -0.596. The van der Waals surface area contributed by atoms with E-state index in [9.17, 15) is 47.9 Å². The van der Waals surface area contributed by atoms with Crippen molar-refractivity contribution in [3.05, 3.63) is 0 Å². The molecular weight excluding hydrogens is 672 g/mol. The first-order chi connectivity index (χ1) is 23.5. The van der Waals surface area contributed by atoms with Crippen molar-refractivity contribution in [3.63, 3.8) is 0 Å². The first-order valence-electron chi connectivity index (χ1n) is 15.9. The van der Waals surface area contributed by atoms with Gasteiger partial charge in [-0.25, -0.2) is 0 Å². The van der Waals surface area contributed by atoms with Gasteiger partial charge >= 0.3 is 0 Å². The van der Waals surface area contributed by atoms with Gasteiger partial charge in [-0.1, -0.05) is 0 Å². The van der Waals surface area contributed by atoms with Crippen LogP contribution in [0.5, 0.6) is 0 Å². The summed E-state index contributed by atoms with van der Waals surface area (Å²) >= 11 is 0. The summed E-state index contributed by atoms with van der Waals surface area (Å²) < 4.78 is 0. The molecule has 0 saturated carbocycles. The Hall–Kier alpha value is -5.14. The standard InChI is InChI=1S/C31H54N10O10/c1-22(42)13-33(2)24(44)15-35(4)26(46)17-37(6)28(48)19-39(8)30(50)21-41(10)31(51)20-40(9)29(49)18-38(7)27(47)16-36(5)25(45)14-34(3)23(43)11-12-32/h11-21,32H2,1-10H3. The van der Waals surface area contributed by atoms with E-state index >= 15 is 0 Å². The van der Waals surface area contributed by atoms with Crippen LogP contribution < -0.4 is 5.73 Å². The van der Waals surface area contributed by atoms with Crippen molar-refractivity contribution in [2.24, 2.45) is 5.73 Å². The molecule has 0 aliphatic rings. The van der Waals surface area contributed by atoms with Crippen LogP contribution in [0.3, 0.4) is 0 Å². The zero-order valence-electron chi connectivity index (χ0n) is 31.5. The topological polar surface area (TPSA) is 226 Å². The van der Waals surface area contributed by atoms with Gasteiger partial charge in [0, 0.05) is 76.4 Å². The molecule has 0 spiro atoms. The third-order valence-electron chi connectivity index (χ3n) is 7.63. The van der Waals surface area contributed by atoms with Gasteiger partial charge in [0.1, 0.15) is 5.78 Å². The van der Waals surface area contributed by atoms with Crippen LogP contribution in [-0.2, 0) is 47.9 Å². The molecule has 288 valence electrons. The largest absolute Gasteiger partial charge is 0.337 e. The number of likely N-dealkylation sites (N-methyl/N-ethyl adjacent to an activating group) is 9. The average Bonchev–Trinajstić information content (AvgIpc) is 3.03. The van der Waals surface area contributed by atoms with E-state index in [1.54, 1.807) is 0 Å². The van der Waals surface area contributed by atoms with Crippen molar-refractivity contribution in [2.75, 3.05) is 129 Å². The molecule has 0 aromatic heterocycles. The fraction of sp³-hybridized carbons (Fsp3) is 0.677. The summed E-state index contributed by atoms with van der Waals surface area (Å²) in [7, 11) is 12.4. The number of Topliss-reactive ketones (excluding diaryl/α,β-unsaturated/α-hetero) is 1. The molecule has 0 unspecified atom stereocenters. The minimum absolute atomic E-state index is 0.0789. The predicted molar refractivity (Wildman–Crippen MR) is 183 cm³/mol. The van der Waals surface area contributed by atoms with Crippen LogP contribution >= 0.6 is 0 Å². The van der Waals surface area contributed by atoms with Gasteiger partial charge < -0.3 is 49.8 Å². The number of carbonyl (C=O) groups is 10. The van der Waals surface area contributed by atoms with E-state index in [0.717, 1.165) is 34.3 Å². The molecule has 0 rings (SSSR count). The van der Waals surface area contributed by atoms with E-state index in [1.165, 1.54) is 80.2 Å².